The second kappa shape index (κ2) is 3.84. The summed E-state index contributed by atoms with van der Waals surface area (Å²) in [7, 11) is 0. The zero-order valence-electron chi connectivity index (χ0n) is 8.00. The molecular weight excluding hydrogens is 178 g/mol. The fraction of sp³-hybridized carbons (Fsp3) is 0.182. The van der Waals surface area contributed by atoms with E-state index in [1.54, 1.807) is 19.1 Å². The lowest BCUT2D eigenvalue weighted by atomic mass is 9.96. The van der Waals surface area contributed by atoms with Gasteiger partial charge in [-0.05, 0) is 19.4 Å². The van der Waals surface area contributed by atoms with Crippen molar-refractivity contribution in [3.05, 3.63) is 34.4 Å². The summed E-state index contributed by atoms with van der Waals surface area (Å²) in [5.74, 6) is -0.205. The molecule has 3 nitrogen and oxygen atoms in total. The smallest absolute Gasteiger partial charge is 0.160 e. The van der Waals surface area contributed by atoms with Crippen LogP contribution < -0.4 is 0 Å². The Hall–Kier alpha value is -1.95. The van der Waals surface area contributed by atoms with Gasteiger partial charge in [0.05, 0.1) is 5.56 Å². The quantitative estimate of drug-likeness (QED) is 0.524. The number of ketones is 1. The van der Waals surface area contributed by atoms with Crippen molar-refractivity contribution < 1.29 is 9.59 Å². The predicted octanol–water partition coefficient (Wildman–Crippen LogP) is 1.88. The molecule has 0 aliphatic heterocycles. The number of Topliss-reactive ketones (excluding diaryl/α,β-unsaturated/α-hetero) is 1. The van der Waals surface area contributed by atoms with E-state index in [0.717, 1.165) is 0 Å². The second-order valence-electron chi connectivity index (χ2n) is 3.00. The van der Waals surface area contributed by atoms with Gasteiger partial charge in [0.2, 0.25) is 0 Å². The van der Waals surface area contributed by atoms with Crippen LogP contribution in [0.5, 0.6) is 0 Å². The lowest BCUT2D eigenvalue weighted by molar-refractivity contribution is 0.100. The van der Waals surface area contributed by atoms with Gasteiger partial charge in [0.1, 0.15) is 6.07 Å². The van der Waals surface area contributed by atoms with Crippen molar-refractivity contribution in [2.24, 2.45) is 0 Å². The van der Waals surface area contributed by atoms with Crippen molar-refractivity contribution in [1.29, 1.82) is 5.26 Å². The van der Waals surface area contributed by atoms with Gasteiger partial charge in [-0.3, -0.25) is 9.59 Å². The van der Waals surface area contributed by atoms with Crippen molar-refractivity contribution in [3.63, 3.8) is 0 Å². The van der Waals surface area contributed by atoms with Crippen LogP contribution in [-0.2, 0) is 0 Å². The Morgan fingerprint density at radius 1 is 1.50 bits per heavy atom. The minimum Gasteiger partial charge on any atom is -0.298 e. The molecule has 0 radical (unpaired) electrons. The molecule has 0 bridgehead atoms. The van der Waals surface area contributed by atoms with Crippen molar-refractivity contribution in [1.82, 2.24) is 0 Å². The number of rotatable bonds is 2. The Labute approximate surface area is 82.0 Å². The van der Waals surface area contributed by atoms with Crippen LogP contribution in [-0.4, -0.2) is 12.1 Å². The molecule has 3 heteroatoms. The third kappa shape index (κ3) is 1.55. The fourth-order valence-electron chi connectivity index (χ4n) is 1.31. The van der Waals surface area contributed by atoms with Crippen LogP contribution in [0, 0.1) is 18.3 Å². The Balaban J connectivity index is 3.58. The van der Waals surface area contributed by atoms with Crippen LogP contribution in [0.25, 0.3) is 0 Å². The largest absolute Gasteiger partial charge is 0.298 e. The molecular formula is C11H9NO2. The first-order chi connectivity index (χ1) is 6.61. The summed E-state index contributed by atoms with van der Waals surface area (Å²) in [4.78, 5) is 21.9. The number of benzene rings is 1. The molecule has 14 heavy (non-hydrogen) atoms. The van der Waals surface area contributed by atoms with Crippen LogP contribution >= 0.6 is 0 Å². The molecule has 0 aliphatic carbocycles. The first-order valence-corrected chi connectivity index (χ1v) is 4.11. The summed E-state index contributed by atoms with van der Waals surface area (Å²) in [6, 6.07) is 5.17. The lowest BCUT2D eigenvalue weighted by Gasteiger charge is -2.04. The van der Waals surface area contributed by atoms with E-state index in [1.807, 2.05) is 6.07 Å². The predicted molar refractivity (Wildman–Crippen MR) is 51.3 cm³/mol. The second-order valence-corrected chi connectivity index (χ2v) is 3.00. The molecule has 0 N–H and O–H groups in total. The molecule has 0 aliphatic rings. The number of nitrogens with zero attached hydrogens (tertiary/aromatic N) is 1. The molecule has 0 unspecified atom stereocenters. The summed E-state index contributed by atoms with van der Waals surface area (Å²) in [6.07, 6.45) is 0.558. The van der Waals surface area contributed by atoms with Crippen molar-refractivity contribution >= 4 is 12.1 Å². The number of hydrogen-bond acceptors (Lipinski definition) is 3. The molecule has 0 amide bonds. The van der Waals surface area contributed by atoms with Crippen molar-refractivity contribution in [2.75, 3.05) is 0 Å². The van der Waals surface area contributed by atoms with Crippen LogP contribution in [0.1, 0.15) is 38.8 Å². The summed E-state index contributed by atoms with van der Waals surface area (Å²) < 4.78 is 0. The molecule has 0 spiro atoms. The molecule has 0 atom stereocenters. The van der Waals surface area contributed by atoms with Gasteiger partial charge >= 0.3 is 0 Å². The van der Waals surface area contributed by atoms with Crippen LogP contribution in [0.2, 0.25) is 0 Å². The van der Waals surface area contributed by atoms with Crippen molar-refractivity contribution in [3.8, 4) is 6.07 Å². The molecule has 0 aromatic heterocycles. The highest BCUT2D eigenvalue weighted by atomic mass is 16.1. The van der Waals surface area contributed by atoms with Gasteiger partial charge < -0.3 is 0 Å². The van der Waals surface area contributed by atoms with E-state index >= 15 is 0 Å². The molecule has 0 heterocycles. The van der Waals surface area contributed by atoms with E-state index in [-0.39, 0.29) is 16.9 Å². The summed E-state index contributed by atoms with van der Waals surface area (Å²) in [5.41, 5.74) is 1.49. The zero-order chi connectivity index (χ0) is 10.7. The minimum atomic E-state index is -0.205. The lowest BCUT2D eigenvalue weighted by Crippen LogP contribution is -2.03. The van der Waals surface area contributed by atoms with E-state index < -0.39 is 0 Å². The highest BCUT2D eigenvalue weighted by Gasteiger charge is 2.12. The average molecular weight is 187 g/mol. The Kier molecular flexibility index (Phi) is 2.78. The van der Waals surface area contributed by atoms with Crippen LogP contribution in [0.3, 0.4) is 0 Å². The first-order valence-electron chi connectivity index (χ1n) is 4.11. The third-order valence-corrected chi connectivity index (χ3v) is 2.06. The van der Waals surface area contributed by atoms with Gasteiger partial charge in [0.25, 0.3) is 0 Å². The highest BCUT2D eigenvalue weighted by Crippen LogP contribution is 2.16. The third-order valence-electron chi connectivity index (χ3n) is 2.06. The van der Waals surface area contributed by atoms with E-state index in [9.17, 15) is 9.59 Å². The number of nitriles is 1. The molecule has 1 aromatic rings. The van der Waals surface area contributed by atoms with Gasteiger partial charge in [0, 0.05) is 11.1 Å². The van der Waals surface area contributed by atoms with E-state index in [0.29, 0.717) is 17.4 Å². The Morgan fingerprint density at radius 3 is 2.57 bits per heavy atom. The van der Waals surface area contributed by atoms with E-state index in [4.69, 9.17) is 5.26 Å². The Bertz CT molecular complexity index is 441. The number of aryl methyl sites for hydroxylation is 1. The van der Waals surface area contributed by atoms with Crippen LogP contribution in [0.15, 0.2) is 12.1 Å². The number of hydrogen-bond donors (Lipinski definition) is 0. The minimum absolute atomic E-state index is 0.194. The summed E-state index contributed by atoms with van der Waals surface area (Å²) in [6.45, 7) is 3.11. The standard InChI is InChI=1S/C11H9NO2/c1-7-3-4-9(8(2)14)11(6-13)10(7)5-12/h3-4,6H,1-2H3. The van der Waals surface area contributed by atoms with Crippen molar-refractivity contribution in [2.45, 2.75) is 13.8 Å². The van der Waals surface area contributed by atoms with Gasteiger partial charge in [-0.1, -0.05) is 12.1 Å². The zero-order valence-corrected chi connectivity index (χ0v) is 8.00. The molecule has 0 saturated carbocycles. The highest BCUT2D eigenvalue weighted by molar-refractivity contribution is 6.02. The first kappa shape index (κ1) is 10.1. The topological polar surface area (TPSA) is 57.9 Å². The average Bonchev–Trinajstić information content (AvgIpc) is 2.16. The maximum absolute atomic E-state index is 11.1. The SMILES string of the molecule is CC(=O)c1ccc(C)c(C#N)c1C=O. The maximum Gasteiger partial charge on any atom is 0.160 e. The van der Waals surface area contributed by atoms with Gasteiger partial charge in [-0.15, -0.1) is 0 Å². The molecule has 0 fully saturated rings. The number of aldehydes is 1. The molecule has 0 saturated heterocycles. The molecule has 70 valence electrons. The van der Waals surface area contributed by atoms with E-state index in [2.05, 4.69) is 0 Å². The summed E-state index contributed by atoms with van der Waals surface area (Å²) in [5, 5.41) is 8.82. The van der Waals surface area contributed by atoms with Gasteiger partial charge in [-0.25, -0.2) is 0 Å². The Morgan fingerprint density at radius 2 is 2.14 bits per heavy atom. The summed E-state index contributed by atoms with van der Waals surface area (Å²) >= 11 is 0. The number of carbonyl (C=O) groups is 2. The van der Waals surface area contributed by atoms with Gasteiger partial charge in [-0.2, -0.15) is 5.26 Å². The van der Waals surface area contributed by atoms with Gasteiger partial charge in [0.15, 0.2) is 12.1 Å². The monoisotopic (exact) mass is 187 g/mol. The molecule has 1 aromatic carbocycles. The maximum atomic E-state index is 11.1. The molecule has 1 rings (SSSR count). The fourth-order valence-corrected chi connectivity index (χ4v) is 1.31. The normalized spacial score (nSPS) is 9.21. The van der Waals surface area contributed by atoms with Crippen LogP contribution in [0.4, 0.5) is 0 Å². The number of carbonyl (C=O) groups excluding carboxylic acids is 2. The van der Waals surface area contributed by atoms with E-state index in [1.165, 1.54) is 6.92 Å².